The quantitative estimate of drug-likeness (QED) is 0.547. The second-order valence-corrected chi connectivity index (χ2v) is 5.98. The fraction of sp³-hybridized carbons (Fsp3) is 0.0909. The van der Waals surface area contributed by atoms with Gasteiger partial charge < -0.3 is 0 Å². The number of benzene rings is 2. The zero-order valence-corrected chi connectivity index (χ0v) is 14.2. The number of H-pyrrole nitrogens is 1. The lowest BCUT2D eigenvalue weighted by molar-refractivity contribution is -0.596. The number of aryl methyl sites for hydroxylation is 1. The first-order chi connectivity index (χ1) is 12.4. The molecule has 0 radical (unpaired) electrons. The minimum absolute atomic E-state index is 0.930. The molecule has 0 bridgehead atoms. The molecule has 0 unspecified atom stereocenters. The van der Waals surface area contributed by atoms with Gasteiger partial charge in [0.2, 0.25) is 0 Å². The van der Waals surface area contributed by atoms with E-state index in [1.54, 1.807) is 6.20 Å². The molecule has 0 aliphatic carbocycles. The maximum Gasteiger partial charge on any atom is 0.306 e. The summed E-state index contributed by atoms with van der Waals surface area (Å²) in [5.74, 6) is 0.982. The van der Waals surface area contributed by atoms with Gasteiger partial charge in [-0.3, -0.25) is 0 Å². The summed E-state index contributed by atoms with van der Waals surface area (Å²) >= 11 is 0. The molecule has 0 fully saturated rings. The summed E-state index contributed by atoms with van der Waals surface area (Å²) in [5, 5.41) is 7.25. The Bertz CT molecular complexity index is 959. The van der Waals surface area contributed by atoms with Gasteiger partial charge in [0, 0.05) is 12.0 Å². The Morgan fingerprint density at radius 2 is 1.48 bits per heavy atom. The average Bonchev–Trinajstić information content (AvgIpc) is 3.22. The minimum atomic E-state index is 0.930. The van der Waals surface area contributed by atoms with Crippen molar-refractivity contribution in [2.45, 2.75) is 13.3 Å². The van der Waals surface area contributed by atoms with E-state index in [9.17, 15) is 0 Å². The van der Waals surface area contributed by atoms with Gasteiger partial charge in [-0.15, -0.1) is 5.10 Å². The van der Waals surface area contributed by atoms with Gasteiger partial charge in [-0.25, -0.2) is 0 Å². The zero-order chi connectivity index (χ0) is 17.1. The van der Waals surface area contributed by atoms with Crippen LogP contribution in [0, 0.1) is 0 Å². The topological polar surface area (TPSA) is 32.6 Å². The van der Waals surface area contributed by atoms with Crippen molar-refractivity contribution < 1.29 is 4.57 Å². The molecule has 2 aromatic carbocycles. The molecule has 25 heavy (non-hydrogen) atoms. The number of pyridine rings is 1. The molecule has 122 valence electrons. The Hall–Kier alpha value is -3.20. The molecule has 0 aliphatic heterocycles. The van der Waals surface area contributed by atoms with Gasteiger partial charge in [0.15, 0.2) is 0 Å². The Labute approximate surface area is 147 Å². The van der Waals surface area contributed by atoms with Crippen molar-refractivity contribution in [1.29, 1.82) is 0 Å². The van der Waals surface area contributed by atoms with Crippen LogP contribution in [0.25, 0.3) is 28.2 Å². The number of rotatable bonds is 4. The number of hydrogen-bond donors (Lipinski definition) is 1. The van der Waals surface area contributed by atoms with Gasteiger partial charge in [0.25, 0.3) is 0 Å². The number of nitrogens with zero attached hydrogens (tertiary/aromatic N) is 2. The molecule has 4 rings (SSSR count). The highest BCUT2D eigenvalue weighted by molar-refractivity contribution is 5.69. The number of hydrogen-bond acceptors (Lipinski definition) is 1. The van der Waals surface area contributed by atoms with E-state index in [0.29, 0.717) is 0 Å². The molecule has 3 heteroatoms. The van der Waals surface area contributed by atoms with Crippen LogP contribution in [-0.2, 0) is 6.42 Å². The molecule has 1 N–H and O–H groups in total. The van der Waals surface area contributed by atoms with Crippen LogP contribution in [0.1, 0.15) is 12.6 Å². The molecular weight excluding hydrogens is 306 g/mol. The fourth-order valence-electron chi connectivity index (χ4n) is 3.19. The number of aromatic amines is 1. The maximum atomic E-state index is 4.14. The van der Waals surface area contributed by atoms with Crippen LogP contribution in [0.4, 0.5) is 0 Å². The SMILES string of the molecule is CCc1cc(-c2ccccc2)cc(-c2ccccc2)[n+]1-c1ccn[nH]1. The van der Waals surface area contributed by atoms with Crippen LogP contribution in [0.15, 0.2) is 85.1 Å². The molecule has 2 heterocycles. The predicted octanol–water partition coefficient (Wildman–Crippen LogP) is 4.58. The minimum Gasteiger partial charge on any atom is -0.195 e. The van der Waals surface area contributed by atoms with Crippen molar-refractivity contribution in [3.8, 4) is 28.2 Å². The molecule has 0 spiro atoms. The summed E-state index contributed by atoms with van der Waals surface area (Å²) in [4.78, 5) is 0. The molecule has 0 saturated heterocycles. The van der Waals surface area contributed by atoms with Crippen LogP contribution in [-0.4, -0.2) is 10.2 Å². The van der Waals surface area contributed by atoms with Crippen molar-refractivity contribution in [1.82, 2.24) is 10.2 Å². The Balaban J connectivity index is 2.01. The molecule has 0 atom stereocenters. The van der Waals surface area contributed by atoms with Crippen LogP contribution >= 0.6 is 0 Å². The molecule has 3 nitrogen and oxygen atoms in total. The van der Waals surface area contributed by atoms with Crippen LogP contribution in [0.5, 0.6) is 0 Å². The molecule has 0 aliphatic rings. The summed E-state index contributed by atoms with van der Waals surface area (Å²) in [6.45, 7) is 2.19. The Kier molecular flexibility index (Phi) is 4.13. The largest absolute Gasteiger partial charge is 0.306 e. The molecule has 0 saturated carbocycles. The van der Waals surface area contributed by atoms with Crippen molar-refractivity contribution in [2.75, 3.05) is 0 Å². The van der Waals surface area contributed by atoms with E-state index in [-0.39, 0.29) is 0 Å². The highest BCUT2D eigenvalue weighted by Gasteiger charge is 2.20. The van der Waals surface area contributed by atoms with E-state index in [4.69, 9.17) is 0 Å². The van der Waals surface area contributed by atoms with Gasteiger partial charge in [-0.1, -0.05) is 72.7 Å². The van der Waals surface area contributed by atoms with Crippen LogP contribution in [0.3, 0.4) is 0 Å². The molecule has 2 aromatic heterocycles. The van der Waals surface area contributed by atoms with E-state index >= 15 is 0 Å². The summed E-state index contributed by atoms with van der Waals surface area (Å²) in [7, 11) is 0. The highest BCUT2D eigenvalue weighted by atomic mass is 15.2. The third kappa shape index (κ3) is 2.96. The van der Waals surface area contributed by atoms with Crippen molar-refractivity contribution in [2.24, 2.45) is 0 Å². The number of nitrogens with one attached hydrogen (secondary N) is 1. The van der Waals surface area contributed by atoms with Crippen molar-refractivity contribution in [3.05, 3.63) is 90.8 Å². The standard InChI is InChI=1S/C22H20N3/c1-2-20-15-19(17-9-5-3-6-10-17)16-21(18-11-7-4-8-12-18)25(20)22-13-14-23-24-22/h3-16H,2H2,1H3,(H,23,24)/q+1. The van der Waals surface area contributed by atoms with Gasteiger partial charge in [0.1, 0.15) is 11.4 Å². The van der Waals surface area contributed by atoms with Crippen LogP contribution < -0.4 is 4.57 Å². The Morgan fingerprint density at radius 3 is 2.08 bits per heavy atom. The lowest BCUT2D eigenvalue weighted by Crippen LogP contribution is -2.38. The summed E-state index contributed by atoms with van der Waals surface area (Å²) in [6, 6.07) is 27.6. The van der Waals surface area contributed by atoms with E-state index in [0.717, 1.165) is 17.9 Å². The lowest BCUT2D eigenvalue weighted by Gasteiger charge is -2.13. The van der Waals surface area contributed by atoms with Crippen molar-refractivity contribution >= 4 is 0 Å². The monoisotopic (exact) mass is 326 g/mol. The molecule has 4 aromatic rings. The average molecular weight is 326 g/mol. The van der Waals surface area contributed by atoms with E-state index in [1.807, 2.05) is 12.1 Å². The van der Waals surface area contributed by atoms with Gasteiger partial charge in [-0.05, 0) is 23.3 Å². The highest BCUT2D eigenvalue weighted by Crippen LogP contribution is 2.26. The molecular formula is C22H20N3+. The second kappa shape index (κ2) is 6.73. The third-order valence-electron chi connectivity index (χ3n) is 4.41. The van der Waals surface area contributed by atoms with Gasteiger partial charge >= 0.3 is 5.82 Å². The normalized spacial score (nSPS) is 10.8. The van der Waals surface area contributed by atoms with E-state index < -0.39 is 0 Å². The first-order valence-electron chi connectivity index (χ1n) is 8.56. The maximum absolute atomic E-state index is 4.14. The smallest absolute Gasteiger partial charge is 0.195 e. The molecule has 0 amide bonds. The van der Waals surface area contributed by atoms with Crippen molar-refractivity contribution in [3.63, 3.8) is 0 Å². The van der Waals surface area contributed by atoms with Gasteiger partial charge in [-0.2, -0.15) is 4.57 Å². The second-order valence-electron chi connectivity index (χ2n) is 5.98. The summed E-state index contributed by atoms with van der Waals surface area (Å²) in [6.07, 6.45) is 2.72. The summed E-state index contributed by atoms with van der Waals surface area (Å²) in [5.41, 5.74) is 6.04. The van der Waals surface area contributed by atoms with Crippen LogP contribution in [0.2, 0.25) is 0 Å². The third-order valence-corrected chi connectivity index (χ3v) is 4.41. The first-order valence-corrected chi connectivity index (χ1v) is 8.56. The lowest BCUT2D eigenvalue weighted by atomic mass is 10.0. The van der Waals surface area contributed by atoms with E-state index in [1.165, 1.54) is 22.4 Å². The predicted molar refractivity (Wildman–Crippen MR) is 100 cm³/mol. The first kappa shape index (κ1) is 15.3. The van der Waals surface area contributed by atoms with E-state index in [2.05, 4.69) is 88.4 Å². The Morgan fingerprint density at radius 1 is 0.800 bits per heavy atom. The fourth-order valence-corrected chi connectivity index (χ4v) is 3.19. The van der Waals surface area contributed by atoms with Gasteiger partial charge in [0.05, 0.1) is 12.3 Å². The number of aromatic nitrogens is 3. The zero-order valence-electron chi connectivity index (χ0n) is 14.2. The summed E-state index contributed by atoms with van der Waals surface area (Å²) < 4.78 is 2.26.